The van der Waals surface area contributed by atoms with Gasteiger partial charge in [-0.25, -0.2) is 8.42 Å². The first-order chi connectivity index (χ1) is 10.7. The molecule has 1 saturated heterocycles. The normalized spacial score (nSPS) is 25.3. The van der Waals surface area contributed by atoms with Gasteiger partial charge in [0.2, 0.25) is 15.9 Å². The van der Waals surface area contributed by atoms with Crippen LogP contribution in [-0.4, -0.2) is 67.3 Å². The largest absolute Gasteiger partial charge is 0.497 e. The zero-order valence-corrected chi connectivity index (χ0v) is 13.7. The fourth-order valence-corrected chi connectivity index (χ4v) is 3.88. The van der Waals surface area contributed by atoms with E-state index in [0.717, 1.165) is 4.31 Å². The Labute approximate surface area is 134 Å². The molecule has 128 valence electrons. The number of benzene rings is 1. The molecule has 1 aliphatic heterocycles. The summed E-state index contributed by atoms with van der Waals surface area (Å²) in [6.07, 6.45) is -1.29. The summed E-state index contributed by atoms with van der Waals surface area (Å²) < 4.78 is 31.1. The Balaban J connectivity index is 2.19. The highest BCUT2D eigenvalue weighted by Crippen LogP contribution is 2.28. The third kappa shape index (κ3) is 3.63. The van der Waals surface area contributed by atoms with Gasteiger partial charge in [0.25, 0.3) is 0 Å². The van der Waals surface area contributed by atoms with E-state index >= 15 is 0 Å². The van der Waals surface area contributed by atoms with E-state index in [2.05, 4.69) is 5.32 Å². The molecular weight excluding hydrogens is 324 g/mol. The van der Waals surface area contributed by atoms with Crippen molar-refractivity contribution in [3.63, 3.8) is 0 Å². The summed E-state index contributed by atoms with van der Waals surface area (Å²) in [4.78, 5) is 11.0. The third-order valence-electron chi connectivity index (χ3n) is 3.79. The zero-order chi connectivity index (χ0) is 17.3. The molecule has 0 spiro atoms. The van der Waals surface area contributed by atoms with Crippen molar-refractivity contribution in [1.82, 2.24) is 9.62 Å². The van der Waals surface area contributed by atoms with Gasteiger partial charge in [0.15, 0.2) is 0 Å². The van der Waals surface area contributed by atoms with Gasteiger partial charge in [-0.15, -0.1) is 0 Å². The number of carbonyl (C=O) groups excluding carboxylic acids is 1. The van der Waals surface area contributed by atoms with Crippen LogP contribution < -0.4 is 10.1 Å². The molecule has 1 fully saturated rings. The first-order valence-electron chi connectivity index (χ1n) is 6.98. The molecule has 1 aromatic carbocycles. The lowest BCUT2D eigenvalue weighted by Crippen LogP contribution is -2.51. The molecule has 0 aromatic heterocycles. The van der Waals surface area contributed by atoms with Crippen LogP contribution in [0, 0.1) is 0 Å². The number of hydrogen-bond donors (Lipinski definition) is 3. The number of methoxy groups -OCH3 is 1. The van der Waals surface area contributed by atoms with Crippen molar-refractivity contribution in [2.45, 2.75) is 23.5 Å². The van der Waals surface area contributed by atoms with Crippen molar-refractivity contribution < 1.29 is 28.2 Å². The summed E-state index contributed by atoms with van der Waals surface area (Å²) in [5, 5.41) is 22.8. The van der Waals surface area contributed by atoms with Gasteiger partial charge in [0.1, 0.15) is 11.4 Å². The van der Waals surface area contributed by atoms with Crippen LogP contribution in [0.4, 0.5) is 0 Å². The van der Waals surface area contributed by atoms with Crippen LogP contribution >= 0.6 is 0 Å². The van der Waals surface area contributed by atoms with Crippen LogP contribution in [0.5, 0.6) is 5.75 Å². The maximum Gasteiger partial charge on any atom is 0.243 e. The van der Waals surface area contributed by atoms with E-state index < -0.39 is 21.7 Å². The predicted molar refractivity (Wildman–Crippen MR) is 81.4 cm³/mol. The summed E-state index contributed by atoms with van der Waals surface area (Å²) in [5.74, 6) is 0.148. The number of β-amino-alcohol motifs (C(OH)–C–C–N with tert-alkyl or cyclic N) is 2. The molecule has 1 amide bonds. The van der Waals surface area contributed by atoms with Gasteiger partial charge in [-0.2, -0.15) is 4.31 Å². The van der Waals surface area contributed by atoms with Gasteiger partial charge in [-0.3, -0.25) is 4.79 Å². The number of ether oxygens (including phenoxy) is 1. The maximum absolute atomic E-state index is 12.6. The highest BCUT2D eigenvalue weighted by atomic mass is 32.2. The molecule has 0 aliphatic carbocycles. The molecule has 2 atom stereocenters. The number of amides is 1. The van der Waals surface area contributed by atoms with Gasteiger partial charge < -0.3 is 20.3 Å². The maximum atomic E-state index is 12.6. The lowest BCUT2D eigenvalue weighted by molar-refractivity contribution is -0.121. The number of hydrogen-bond acceptors (Lipinski definition) is 6. The van der Waals surface area contributed by atoms with Crippen molar-refractivity contribution in [1.29, 1.82) is 0 Å². The number of aliphatic hydroxyl groups is 2. The van der Waals surface area contributed by atoms with Crippen molar-refractivity contribution in [2.75, 3.05) is 26.7 Å². The van der Waals surface area contributed by atoms with E-state index in [9.17, 15) is 23.4 Å². The van der Waals surface area contributed by atoms with Crippen LogP contribution in [0.3, 0.4) is 0 Å². The Morgan fingerprint density at radius 3 is 2.57 bits per heavy atom. The molecule has 0 unspecified atom stereocenters. The molecule has 1 aromatic rings. The van der Waals surface area contributed by atoms with Gasteiger partial charge in [-0.05, 0) is 24.3 Å². The first-order valence-corrected chi connectivity index (χ1v) is 8.42. The number of carbonyl (C=O) groups is 1. The highest BCUT2D eigenvalue weighted by molar-refractivity contribution is 7.89. The van der Waals surface area contributed by atoms with E-state index in [1.54, 1.807) is 0 Å². The van der Waals surface area contributed by atoms with Crippen molar-refractivity contribution in [3.8, 4) is 5.75 Å². The molecule has 8 nitrogen and oxygen atoms in total. The number of aliphatic hydroxyl groups excluding tert-OH is 1. The summed E-state index contributed by atoms with van der Waals surface area (Å²) in [6.45, 7) is 0.502. The minimum Gasteiger partial charge on any atom is -0.497 e. The topological polar surface area (TPSA) is 116 Å². The molecule has 1 aliphatic rings. The average Bonchev–Trinajstić information content (AvgIpc) is 2.82. The van der Waals surface area contributed by atoms with Crippen LogP contribution in [0.1, 0.15) is 6.92 Å². The zero-order valence-electron chi connectivity index (χ0n) is 12.9. The van der Waals surface area contributed by atoms with E-state index in [1.165, 1.54) is 38.3 Å². The second kappa shape index (κ2) is 6.44. The SMILES string of the molecule is COc1ccc(S(=O)(=O)N2C[C@@H](O)[C@](O)(CNC(C)=O)C2)cc1. The van der Waals surface area contributed by atoms with Gasteiger partial charge in [-0.1, -0.05) is 0 Å². The predicted octanol–water partition coefficient (Wildman–Crippen LogP) is -1.07. The van der Waals surface area contributed by atoms with Crippen LogP contribution in [0.15, 0.2) is 29.2 Å². The smallest absolute Gasteiger partial charge is 0.243 e. The molecule has 3 N–H and O–H groups in total. The molecule has 0 radical (unpaired) electrons. The monoisotopic (exact) mass is 344 g/mol. The minimum absolute atomic E-state index is 0.0364. The number of rotatable bonds is 5. The second-order valence-corrected chi connectivity index (χ2v) is 7.44. The molecule has 0 bridgehead atoms. The lowest BCUT2D eigenvalue weighted by Gasteiger charge is -2.25. The van der Waals surface area contributed by atoms with E-state index in [4.69, 9.17) is 4.74 Å². The van der Waals surface area contributed by atoms with Crippen LogP contribution in [-0.2, 0) is 14.8 Å². The summed E-state index contributed by atoms with van der Waals surface area (Å²) in [5.41, 5.74) is -1.72. The van der Waals surface area contributed by atoms with Gasteiger partial charge >= 0.3 is 0 Å². The Morgan fingerprint density at radius 1 is 1.43 bits per heavy atom. The number of nitrogens with zero attached hydrogens (tertiary/aromatic N) is 1. The van der Waals surface area contributed by atoms with Gasteiger partial charge in [0, 0.05) is 20.0 Å². The minimum atomic E-state index is -3.86. The standard InChI is InChI=1S/C14H20N2O6S/c1-10(17)15-8-14(19)9-16(7-13(14)18)23(20,21)12-5-3-11(22-2)4-6-12/h3-6,13,18-19H,7-9H2,1-2H3,(H,15,17)/t13-,14+/m1/s1. The number of sulfonamides is 1. The van der Waals surface area contributed by atoms with Crippen molar-refractivity contribution in [3.05, 3.63) is 24.3 Å². The summed E-state index contributed by atoms with van der Waals surface area (Å²) >= 11 is 0. The van der Waals surface area contributed by atoms with E-state index in [-0.39, 0.29) is 30.4 Å². The highest BCUT2D eigenvalue weighted by Gasteiger charge is 2.48. The molecule has 2 rings (SSSR count). The van der Waals surface area contributed by atoms with E-state index in [1.807, 2.05) is 0 Å². The molecule has 1 heterocycles. The van der Waals surface area contributed by atoms with E-state index in [0.29, 0.717) is 5.75 Å². The average molecular weight is 344 g/mol. The molecule has 0 saturated carbocycles. The third-order valence-corrected chi connectivity index (χ3v) is 5.61. The second-order valence-electron chi connectivity index (χ2n) is 5.50. The first kappa shape index (κ1) is 17.7. The number of nitrogens with one attached hydrogen (secondary N) is 1. The summed E-state index contributed by atoms with van der Waals surface area (Å²) in [6, 6.07) is 5.82. The van der Waals surface area contributed by atoms with Crippen molar-refractivity contribution >= 4 is 15.9 Å². The molecule has 23 heavy (non-hydrogen) atoms. The molecule has 9 heteroatoms. The van der Waals surface area contributed by atoms with Crippen LogP contribution in [0.2, 0.25) is 0 Å². The van der Waals surface area contributed by atoms with Crippen LogP contribution in [0.25, 0.3) is 0 Å². The Bertz CT molecular complexity index is 675. The lowest BCUT2D eigenvalue weighted by atomic mass is 10.0. The molecular formula is C14H20N2O6S. The summed E-state index contributed by atoms with van der Waals surface area (Å²) in [7, 11) is -2.39. The Kier molecular flexibility index (Phi) is 4.95. The van der Waals surface area contributed by atoms with Crippen molar-refractivity contribution in [2.24, 2.45) is 0 Å². The fourth-order valence-electron chi connectivity index (χ4n) is 2.37. The fraction of sp³-hybridized carbons (Fsp3) is 0.500. The quantitative estimate of drug-likeness (QED) is 0.626. The Hall–Kier alpha value is -1.68. The Morgan fingerprint density at radius 2 is 2.04 bits per heavy atom. The van der Waals surface area contributed by atoms with Gasteiger partial charge in [0.05, 0.1) is 24.7 Å².